The molecule has 0 saturated heterocycles. The molecule has 0 saturated carbocycles. The molecule has 0 fully saturated rings. The first kappa shape index (κ1) is 22.7. The third kappa shape index (κ3) is 8.36. The maximum absolute atomic E-state index is 5.88. The minimum absolute atomic E-state index is 0.635. The number of imidazole rings is 1. The molecule has 1 heterocycles. The highest BCUT2D eigenvalue weighted by Gasteiger charge is 2.04. The summed E-state index contributed by atoms with van der Waals surface area (Å²) in [7, 11) is 0. The summed E-state index contributed by atoms with van der Waals surface area (Å²) in [5, 5.41) is 8.56. The van der Waals surface area contributed by atoms with Crippen LogP contribution in [-0.4, -0.2) is 11.2 Å². The lowest BCUT2D eigenvalue weighted by Crippen LogP contribution is -2.31. The van der Waals surface area contributed by atoms with Crippen LogP contribution in [0.4, 0.5) is 11.4 Å². The minimum Gasteiger partial charge on any atom is -0.489 e. The van der Waals surface area contributed by atoms with Crippen molar-refractivity contribution in [3.63, 3.8) is 0 Å². The van der Waals surface area contributed by atoms with Gasteiger partial charge in [-0.15, -0.1) is 0 Å². The number of azo groups is 1. The fourth-order valence-electron chi connectivity index (χ4n) is 3.38. The summed E-state index contributed by atoms with van der Waals surface area (Å²) in [6.07, 6.45) is 14.4. The van der Waals surface area contributed by atoms with E-state index in [1.165, 1.54) is 44.1 Å². The van der Waals surface area contributed by atoms with Crippen LogP contribution in [0.3, 0.4) is 0 Å². The average Bonchev–Trinajstić information content (AvgIpc) is 3.24. The molecule has 0 N–H and O–H groups in total. The number of aromatic nitrogens is 2. The molecule has 164 valence electrons. The van der Waals surface area contributed by atoms with Crippen LogP contribution in [0.25, 0.3) is 0 Å². The average molecular weight is 420 g/mol. The van der Waals surface area contributed by atoms with E-state index >= 15 is 0 Å². The molecule has 2 aromatic carbocycles. The smallest absolute Gasteiger partial charge is 0.243 e. The third-order valence-electron chi connectivity index (χ3n) is 5.29. The van der Waals surface area contributed by atoms with E-state index in [0.29, 0.717) is 6.61 Å². The Balaban J connectivity index is 1.36. The van der Waals surface area contributed by atoms with Crippen molar-refractivity contribution in [1.29, 1.82) is 0 Å². The molecule has 3 aromatic rings. The Morgan fingerprint density at radius 2 is 1.48 bits per heavy atom. The fourth-order valence-corrected chi connectivity index (χ4v) is 3.38. The number of unbranched alkanes of at least 4 members (excludes halogenated alkanes) is 5. The van der Waals surface area contributed by atoms with Crippen LogP contribution in [0.2, 0.25) is 0 Å². The van der Waals surface area contributed by atoms with Gasteiger partial charge in [-0.2, -0.15) is 10.2 Å². The van der Waals surface area contributed by atoms with Crippen LogP contribution in [0.1, 0.15) is 51.0 Å². The van der Waals surface area contributed by atoms with E-state index in [1.54, 1.807) is 0 Å². The summed E-state index contributed by atoms with van der Waals surface area (Å²) < 4.78 is 10.3. The number of ether oxygens (including phenoxy) is 1. The van der Waals surface area contributed by atoms with Gasteiger partial charge in [0.2, 0.25) is 6.33 Å². The van der Waals surface area contributed by atoms with Gasteiger partial charge in [-0.05, 0) is 56.2 Å². The Labute approximate surface area is 186 Å². The number of rotatable bonds is 13. The van der Waals surface area contributed by atoms with Crippen molar-refractivity contribution in [3.05, 3.63) is 72.8 Å². The van der Waals surface area contributed by atoms with Crippen molar-refractivity contribution in [1.82, 2.24) is 4.57 Å². The van der Waals surface area contributed by atoms with Crippen LogP contribution >= 0.6 is 0 Å². The molecule has 1 aromatic heterocycles. The summed E-state index contributed by atoms with van der Waals surface area (Å²) in [4.78, 5) is 0. The van der Waals surface area contributed by atoms with Crippen molar-refractivity contribution in [2.45, 2.75) is 65.5 Å². The molecular weight excluding hydrogens is 384 g/mol. The number of benzene rings is 2. The second kappa shape index (κ2) is 12.7. The Bertz CT molecular complexity index is 913. The second-order valence-corrected chi connectivity index (χ2v) is 8.03. The summed E-state index contributed by atoms with van der Waals surface area (Å²) in [5.41, 5.74) is 2.88. The summed E-state index contributed by atoms with van der Waals surface area (Å²) in [6.45, 7) is 6.88. The largest absolute Gasteiger partial charge is 0.489 e. The molecule has 0 amide bonds. The zero-order chi connectivity index (χ0) is 21.7. The number of hydrogen-bond donors (Lipinski definition) is 0. The highest BCUT2D eigenvalue weighted by atomic mass is 16.5. The van der Waals surface area contributed by atoms with E-state index in [2.05, 4.69) is 51.9 Å². The van der Waals surface area contributed by atoms with Crippen LogP contribution in [-0.2, 0) is 13.1 Å². The maximum atomic E-state index is 5.88. The van der Waals surface area contributed by atoms with Gasteiger partial charge in [0.1, 0.15) is 31.3 Å². The van der Waals surface area contributed by atoms with Crippen molar-refractivity contribution < 1.29 is 9.30 Å². The molecule has 0 aliphatic rings. The van der Waals surface area contributed by atoms with E-state index < -0.39 is 0 Å². The normalized spacial score (nSPS) is 11.3. The Morgan fingerprint density at radius 3 is 2.19 bits per heavy atom. The quantitative estimate of drug-likeness (QED) is 0.168. The Morgan fingerprint density at radius 1 is 0.839 bits per heavy atom. The lowest BCUT2D eigenvalue weighted by molar-refractivity contribution is -0.696. The number of hydrogen-bond acceptors (Lipinski definition) is 3. The monoisotopic (exact) mass is 419 g/mol. The summed E-state index contributed by atoms with van der Waals surface area (Å²) in [6, 6.07) is 15.7. The van der Waals surface area contributed by atoms with Crippen molar-refractivity contribution in [2.24, 2.45) is 10.2 Å². The zero-order valence-corrected chi connectivity index (χ0v) is 18.9. The first-order chi connectivity index (χ1) is 15.2. The van der Waals surface area contributed by atoms with Gasteiger partial charge < -0.3 is 4.74 Å². The Hall–Kier alpha value is -2.95. The molecule has 31 heavy (non-hydrogen) atoms. The standard InChI is InChI=1S/C26H35N4O/c1-3-4-5-6-7-8-17-29-18-19-30(22-29)20-21-31-26-15-13-25(14-16-26)28-27-24-11-9-23(2)10-12-24/h9-16,18-19,22H,3-8,17,20-21H2,1-2H3/q+1. The molecule has 0 spiro atoms. The molecule has 0 radical (unpaired) electrons. The van der Waals surface area contributed by atoms with Gasteiger partial charge in [-0.3, -0.25) is 0 Å². The van der Waals surface area contributed by atoms with Gasteiger partial charge in [0.05, 0.1) is 17.9 Å². The minimum atomic E-state index is 0.635. The van der Waals surface area contributed by atoms with Crippen LogP contribution in [0.5, 0.6) is 5.75 Å². The van der Waals surface area contributed by atoms with Gasteiger partial charge in [-0.25, -0.2) is 9.13 Å². The van der Waals surface area contributed by atoms with Crippen LogP contribution in [0.15, 0.2) is 77.5 Å². The van der Waals surface area contributed by atoms with Gasteiger partial charge in [0.15, 0.2) is 0 Å². The Kier molecular flexibility index (Phi) is 9.30. The first-order valence-electron chi connectivity index (χ1n) is 11.5. The first-order valence-corrected chi connectivity index (χ1v) is 11.5. The predicted molar refractivity (Wildman–Crippen MR) is 125 cm³/mol. The molecule has 0 bridgehead atoms. The third-order valence-corrected chi connectivity index (χ3v) is 5.29. The molecule has 0 unspecified atom stereocenters. The SMILES string of the molecule is CCCCCCCC[n+]1ccn(CCOc2ccc(N=Nc3ccc(C)cc3)cc2)c1. The molecule has 0 aliphatic carbocycles. The molecule has 5 heteroatoms. The van der Waals surface area contributed by atoms with Crippen molar-refractivity contribution in [2.75, 3.05) is 6.61 Å². The highest BCUT2D eigenvalue weighted by Crippen LogP contribution is 2.21. The van der Waals surface area contributed by atoms with Gasteiger partial charge in [0, 0.05) is 0 Å². The van der Waals surface area contributed by atoms with Crippen LogP contribution < -0.4 is 9.30 Å². The topological polar surface area (TPSA) is 42.8 Å². The van der Waals surface area contributed by atoms with E-state index in [9.17, 15) is 0 Å². The molecule has 0 aliphatic heterocycles. The van der Waals surface area contributed by atoms with Gasteiger partial charge in [-0.1, -0.05) is 50.3 Å². The van der Waals surface area contributed by atoms with E-state index in [4.69, 9.17) is 4.74 Å². The summed E-state index contributed by atoms with van der Waals surface area (Å²) in [5.74, 6) is 0.849. The molecule has 3 rings (SSSR count). The number of nitrogens with zero attached hydrogens (tertiary/aromatic N) is 4. The summed E-state index contributed by atoms with van der Waals surface area (Å²) >= 11 is 0. The lowest BCUT2D eigenvalue weighted by atomic mass is 10.1. The fraction of sp³-hybridized carbons (Fsp3) is 0.423. The van der Waals surface area contributed by atoms with Crippen molar-refractivity contribution >= 4 is 11.4 Å². The maximum Gasteiger partial charge on any atom is 0.243 e. The van der Waals surface area contributed by atoms with Gasteiger partial charge in [0.25, 0.3) is 0 Å². The van der Waals surface area contributed by atoms with E-state index in [-0.39, 0.29) is 0 Å². The predicted octanol–water partition coefficient (Wildman–Crippen LogP) is 6.94. The van der Waals surface area contributed by atoms with Crippen molar-refractivity contribution in [3.8, 4) is 5.75 Å². The number of aryl methyl sites for hydroxylation is 2. The van der Waals surface area contributed by atoms with E-state index in [0.717, 1.165) is 30.2 Å². The molecule has 0 atom stereocenters. The molecular formula is C26H35N4O+. The van der Waals surface area contributed by atoms with Gasteiger partial charge >= 0.3 is 0 Å². The lowest BCUT2D eigenvalue weighted by Gasteiger charge is -2.04. The molecule has 5 nitrogen and oxygen atoms in total. The van der Waals surface area contributed by atoms with Crippen LogP contribution in [0, 0.1) is 6.92 Å². The zero-order valence-electron chi connectivity index (χ0n) is 18.9. The highest BCUT2D eigenvalue weighted by molar-refractivity contribution is 5.43. The van der Waals surface area contributed by atoms with E-state index in [1.807, 2.05) is 48.5 Å². The second-order valence-electron chi connectivity index (χ2n) is 8.03.